The van der Waals surface area contributed by atoms with Crippen LogP contribution < -0.4 is 15.4 Å². The van der Waals surface area contributed by atoms with Gasteiger partial charge in [-0.05, 0) is 26.1 Å². The van der Waals surface area contributed by atoms with E-state index in [1.165, 1.54) is 4.68 Å². The van der Waals surface area contributed by atoms with Crippen LogP contribution in [0.3, 0.4) is 0 Å². The van der Waals surface area contributed by atoms with Crippen LogP contribution in [0.4, 0.5) is 5.69 Å². The molecule has 0 unspecified atom stereocenters. The Hall–Kier alpha value is -2.41. The van der Waals surface area contributed by atoms with E-state index >= 15 is 0 Å². The lowest BCUT2D eigenvalue weighted by Gasteiger charge is -2.10. The number of carbonyl (C=O) groups excluding carboxylic acids is 1. The number of amides is 1. The number of rotatable bonds is 7. The van der Waals surface area contributed by atoms with Crippen LogP contribution >= 0.6 is 0 Å². The molecular weight excluding hydrogens is 270 g/mol. The quantitative estimate of drug-likeness (QED) is 0.796. The van der Waals surface area contributed by atoms with Gasteiger partial charge in [0.15, 0.2) is 0 Å². The molecule has 0 bridgehead atoms. The third-order valence-corrected chi connectivity index (χ3v) is 2.71. The Labute approximate surface area is 123 Å². The second kappa shape index (κ2) is 7.39. The molecule has 0 aliphatic rings. The molecule has 0 saturated carbocycles. The topological polar surface area (TPSA) is 81.1 Å². The van der Waals surface area contributed by atoms with Crippen LogP contribution in [0.25, 0.3) is 0 Å². The summed E-state index contributed by atoms with van der Waals surface area (Å²) in [7, 11) is 1.83. The molecular formula is C14H19N5O2. The van der Waals surface area contributed by atoms with E-state index in [9.17, 15) is 4.79 Å². The molecule has 0 atom stereocenters. The summed E-state index contributed by atoms with van der Waals surface area (Å²) < 4.78 is 6.97. The van der Waals surface area contributed by atoms with Crippen molar-refractivity contribution < 1.29 is 9.53 Å². The van der Waals surface area contributed by atoms with Crippen LogP contribution in [0.5, 0.6) is 5.75 Å². The predicted molar refractivity (Wildman–Crippen MR) is 79.0 cm³/mol. The molecule has 0 spiro atoms. The minimum absolute atomic E-state index is 0.108. The van der Waals surface area contributed by atoms with Gasteiger partial charge in [-0.1, -0.05) is 17.3 Å². The summed E-state index contributed by atoms with van der Waals surface area (Å²) in [6.07, 6.45) is 1.74. The molecule has 7 heteroatoms. The Morgan fingerprint density at radius 2 is 2.19 bits per heavy atom. The number of anilines is 1. The maximum absolute atomic E-state index is 12.0. The van der Waals surface area contributed by atoms with Crippen LogP contribution in [0.2, 0.25) is 0 Å². The van der Waals surface area contributed by atoms with Crippen molar-refractivity contribution in [1.82, 2.24) is 20.3 Å². The highest BCUT2D eigenvalue weighted by Crippen LogP contribution is 2.23. The zero-order valence-corrected chi connectivity index (χ0v) is 12.2. The largest absolute Gasteiger partial charge is 0.492 e. The Kier molecular flexibility index (Phi) is 5.28. The zero-order chi connectivity index (χ0) is 15.1. The third-order valence-electron chi connectivity index (χ3n) is 2.71. The van der Waals surface area contributed by atoms with Crippen LogP contribution in [0.15, 0.2) is 30.5 Å². The number of para-hydroxylation sites is 2. The van der Waals surface area contributed by atoms with Gasteiger partial charge < -0.3 is 15.4 Å². The number of hydrogen-bond acceptors (Lipinski definition) is 5. The van der Waals surface area contributed by atoms with Crippen molar-refractivity contribution in [2.75, 3.05) is 19.0 Å². The van der Waals surface area contributed by atoms with E-state index in [2.05, 4.69) is 20.9 Å². The molecule has 2 N–H and O–H groups in total. The first-order valence-corrected chi connectivity index (χ1v) is 6.78. The van der Waals surface area contributed by atoms with E-state index in [1.807, 2.05) is 32.2 Å². The summed E-state index contributed by atoms with van der Waals surface area (Å²) in [6, 6.07) is 7.33. The zero-order valence-electron chi connectivity index (χ0n) is 12.2. The van der Waals surface area contributed by atoms with E-state index in [-0.39, 0.29) is 12.5 Å². The van der Waals surface area contributed by atoms with Crippen molar-refractivity contribution in [3.05, 3.63) is 36.2 Å². The van der Waals surface area contributed by atoms with Crippen LogP contribution in [-0.2, 0) is 17.9 Å². The number of ether oxygens (including phenoxy) is 1. The molecule has 7 nitrogen and oxygen atoms in total. The van der Waals surface area contributed by atoms with Crippen molar-refractivity contribution in [3.8, 4) is 5.75 Å². The molecule has 0 saturated heterocycles. The minimum atomic E-state index is -0.178. The SMILES string of the molecule is CCOc1ccccc1NC(=O)Cn1cc(CNC)nn1. The Morgan fingerprint density at radius 3 is 2.95 bits per heavy atom. The maximum atomic E-state index is 12.0. The molecule has 0 aliphatic carbocycles. The number of carbonyl (C=O) groups is 1. The third kappa shape index (κ3) is 4.28. The van der Waals surface area contributed by atoms with Crippen molar-refractivity contribution >= 4 is 11.6 Å². The second-order valence-corrected chi connectivity index (χ2v) is 4.42. The number of nitrogens with zero attached hydrogens (tertiary/aromatic N) is 3. The standard InChI is InChI=1S/C14H19N5O2/c1-3-21-13-7-5-4-6-12(13)16-14(20)10-19-9-11(8-15-2)17-18-19/h4-7,9,15H,3,8,10H2,1-2H3,(H,16,20). The first-order valence-electron chi connectivity index (χ1n) is 6.78. The van der Waals surface area contributed by atoms with Crippen LogP contribution in [0, 0.1) is 0 Å². The highest BCUT2D eigenvalue weighted by atomic mass is 16.5. The fraction of sp³-hybridized carbons (Fsp3) is 0.357. The summed E-state index contributed by atoms with van der Waals surface area (Å²) in [6.45, 7) is 3.17. The molecule has 0 aliphatic heterocycles. The maximum Gasteiger partial charge on any atom is 0.246 e. The predicted octanol–water partition coefficient (Wildman–Crippen LogP) is 1.03. The number of benzene rings is 1. The van der Waals surface area contributed by atoms with Gasteiger partial charge in [0.25, 0.3) is 0 Å². The van der Waals surface area contributed by atoms with E-state index in [0.29, 0.717) is 24.6 Å². The Balaban J connectivity index is 1.97. The monoisotopic (exact) mass is 289 g/mol. The molecule has 1 heterocycles. The smallest absolute Gasteiger partial charge is 0.246 e. The summed E-state index contributed by atoms with van der Waals surface area (Å²) in [4.78, 5) is 12.0. The molecule has 112 valence electrons. The number of nitrogens with one attached hydrogen (secondary N) is 2. The number of hydrogen-bond donors (Lipinski definition) is 2. The lowest BCUT2D eigenvalue weighted by molar-refractivity contribution is -0.116. The Morgan fingerprint density at radius 1 is 1.38 bits per heavy atom. The second-order valence-electron chi connectivity index (χ2n) is 4.42. The van der Waals surface area contributed by atoms with Gasteiger partial charge in [-0.2, -0.15) is 0 Å². The normalized spacial score (nSPS) is 10.4. The molecule has 0 fully saturated rings. The lowest BCUT2D eigenvalue weighted by Crippen LogP contribution is -2.19. The van der Waals surface area contributed by atoms with E-state index in [0.717, 1.165) is 5.69 Å². The molecule has 1 aromatic heterocycles. The van der Waals surface area contributed by atoms with Gasteiger partial charge in [-0.25, -0.2) is 4.68 Å². The van der Waals surface area contributed by atoms with Gasteiger partial charge in [0.1, 0.15) is 12.3 Å². The average Bonchev–Trinajstić information content (AvgIpc) is 2.89. The molecule has 1 amide bonds. The van der Waals surface area contributed by atoms with Crippen LogP contribution in [-0.4, -0.2) is 34.6 Å². The van der Waals surface area contributed by atoms with E-state index in [1.54, 1.807) is 12.3 Å². The lowest BCUT2D eigenvalue weighted by atomic mass is 10.3. The van der Waals surface area contributed by atoms with Crippen molar-refractivity contribution in [1.29, 1.82) is 0 Å². The summed E-state index contributed by atoms with van der Waals surface area (Å²) in [5, 5.41) is 13.7. The van der Waals surface area contributed by atoms with E-state index < -0.39 is 0 Å². The molecule has 0 radical (unpaired) electrons. The van der Waals surface area contributed by atoms with Gasteiger partial charge in [-0.15, -0.1) is 5.10 Å². The fourth-order valence-corrected chi connectivity index (χ4v) is 1.87. The first-order chi connectivity index (χ1) is 10.2. The fourth-order valence-electron chi connectivity index (χ4n) is 1.87. The van der Waals surface area contributed by atoms with E-state index in [4.69, 9.17) is 4.74 Å². The number of aromatic nitrogens is 3. The van der Waals surface area contributed by atoms with Crippen LogP contribution in [0.1, 0.15) is 12.6 Å². The molecule has 2 aromatic rings. The first kappa shape index (κ1) is 15.0. The van der Waals surface area contributed by atoms with Gasteiger partial charge in [0.2, 0.25) is 5.91 Å². The summed E-state index contributed by atoms with van der Waals surface area (Å²) in [5.41, 5.74) is 1.44. The van der Waals surface area contributed by atoms with Crippen molar-refractivity contribution in [2.24, 2.45) is 0 Å². The van der Waals surface area contributed by atoms with Crippen molar-refractivity contribution in [2.45, 2.75) is 20.0 Å². The highest BCUT2D eigenvalue weighted by Gasteiger charge is 2.09. The highest BCUT2D eigenvalue weighted by molar-refractivity contribution is 5.92. The minimum Gasteiger partial charge on any atom is -0.492 e. The summed E-state index contributed by atoms with van der Waals surface area (Å²) in [5.74, 6) is 0.478. The molecule has 1 aromatic carbocycles. The van der Waals surface area contributed by atoms with Crippen molar-refractivity contribution in [3.63, 3.8) is 0 Å². The van der Waals surface area contributed by atoms with Gasteiger partial charge in [0.05, 0.1) is 24.2 Å². The molecule has 21 heavy (non-hydrogen) atoms. The summed E-state index contributed by atoms with van der Waals surface area (Å²) >= 11 is 0. The Bertz CT molecular complexity index is 597. The van der Waals surface area contributed by atoms with Gasteiger partial charge >= 0.3 is 0 Å². The molecule has 2 rings (SSSR count). The van der Waals surface area contributed by atoms with Gasteiger partial charge in [0, 0.05) is 6.54 Å². The average molecular weight is 289 g/mol. The van der Waals surface area contributed by atoms with Gasteiger partial charge in [-0.3, -0.25) is 4.79 Å².